The van der Waals surface area contributed by atoms with Crippen LogP contribution in [0.5, 0.6) is 0 Å². The predicted molar refractivity (Wildman–Crippen MR) is 166 cm³/mol. The zero-order chi connectivity index (χ0) is 29.8. The number of nitro benzene ring substituents is 1. The third-order valence-electron chi connectivity index (χ3n) is 7.23. The van der Waals surface area contributed by atoms with Gasteiger partial charge < -0.3 is 25.0 Å². The summed E-state index contributed by atoms with van der Waals surface area (Å²) in [5.74, 6) is 1.14. The highest BCUT2D eigenvalue weighted by atomic mass is 35.5. The van der Waals surface area contributed by atoms with Gasteiger partial charge in [-0.2, -0.15) is 9.97 Å². The highest BCUT2D eigenvalue weighted by molar-refractivity contribution is 6.31. The third kappa shape index (κ3) is 6.33. The third-order valence-corrected chi connectivity index (χ3v) is 7.60. The molecule has 2 aromatic heterocycles. The summed E-state index contributed by atoms with van der Waals surface area (Å²) in [5, 5.41) is 17.8. The van der Waals surface area contributed by atoms with Crippen LogP contribution in [0.25, 0.3) is 11.2 Å². The molecule has 0 radical (unpaired) electrons. The van der Waals surface area contributed by atoms with Crippen LogP contribution in [0.3, 0.4) is 0 Å². The molecule has 0 aliphatic carbocycles. The molecule has 3 aromatic carbocycles. The van der Waals surface area contributed by atoms with E-state index in [1.54, 1.807) is 11.2 Å². The fourth-order valence-electron chi connectivity index (χ4n) is 4.89. The van der Waals surface area contributed by atoms with Gasteiger partial charge in [0.25, 0.3) is 5.69 Å². The molecule has 43 heavy (non-hydrogen) atoms. The molecule has 6 rings (SSSR count). The van der Waals surface area contributed by atoms with Gasteiger partial charge in [0.05, 0.1) is 17.8 Å². The predicted octanol–water partition coefficient (Wildman–Crippen LogP) is 5.40. The smallest absolute Gasteiger partial charge is 0.321 e. The largest absolute Gasteiger partial charge is 0.364 e. The monoisotopic (exact) mass is 597 g/mol. The number of urea groups is 1. The van der Waals surface area contributed by atoms with Crippen LogP contribution in [0, 0.1) is 10.1 Å². The van der Waals surface area contributed by atoms with E-state index in [0.29, 0.717) is 72.9 Å². The Morgan fingerprint density at radius 3 is 2.37 bits per heavy atom. The molecule has 218 valence electrons. The molecule has 1 saturated heterocycles. The Balaban J connectivity index is 1.21. The van der Waals surface area contributed by atoms with Crippen LogP contribution in [0.15, 0.2) is 85.2 Å². The quantitative estimate of drug-likeness (QED) is 0.179. The Morgan fingerprint density at radius 1 is 0.930 bits per heavy atom. The molecule has 0 spiro atoms. The molecular formula is C30H28ClN9O3. The molecule has 0 bridgehead atoms. The first-order chi connectivity index (χ1) is 20.9. The number of imidazole rings is 1. The number of nitrogens with one attached hydrogen (secondary N) is 2. The molecule has 2 amide bonds. The van der Waals surface area contributed by atoms with Crippen molar-refractivity contribution >= 4 is 51.9 Å². The average Bonchev–Trinajstić information content (AvgIpc) is 3.44. The Hall–Kier alpha value is -5.23. The molecule has 1 aliphatic rings. The van der Waals surface area contributed by atoms with Gasteiger partial charge in [-0.1, -0.05) is 60.1 Å². The molecule has 12 nitrogen and oxygen atoms in total. The lowest BCUT2D eigenvalue weighted by Gasteiger charge is -2.34. The van der Waals surface area contributed by atoms with E-state index >= 15 is 0 Å². The maximum atomic E-state index is 12.9. The summed E-state index contributed by atoms with van der Waals surface area (Å²) >= 11 is 6.40. The van der Waals surface area contributed by atoms with Crippen molar-refractivity contribution in [1.82, 2.24) is 24.4 Å². The summed E-state index contributed by atoms with van der Waals surface area (Å²) in [6, 6.07) is 23.3. The molecule has 0 unspecified atom stereocenters. The van der Waals surface area contributed by atoms with Crippen molar-refractivity contribution < 1.29 is 9.72 Å². The molecule has 2 N–H and O–H groups in total. The van der Waals surface area contributed by atoms with E-state index in [1.807, 2.05) is 47.0 Å². The van der Waals surface area contributed by atoms with E-state index in [-0.39, 0.29) is 11.7 Å². The van der Waals surface area contributed by atoms with Gasteiger partial charge in [-0.05, 0) is 29.3 Å². The van der Waals surface area contributed by atoms with Crippen molar-refractivity contribution in [3.63, 3.8) is 0 Å². The number of hydrogen-bond acceptors (Lipinski definition) is 8. The topological polar surface area (TPSA) is 134 Å². The number of nitrogens with zero attached hydrogens (tertiary/aromatic N) is 7. The Morgan fingerprint density at radius 2 is 1.65 bits per heavy atom. The molecular weight excluding hydrogens is 570 g/mol. The number of carbonyl (C=O) groups is 1. The van der Waals surface area contributed by atoms with E-state index in [2.05, 4.69) is 32.7 Å². The minimum Gasteiger partial charge on any atom is -0.364 e. The van der Waals surface area contributed by atoms with Crippen LogP contribution < -0.4 is 15.5 Å². The van der Waals surface area contributed by atoms with Crippen LogP contribution in [-0.4, -0.2) is 61.6 Å². The first kappa shape index (κ1) is 27.9. The lowest BCUT2D eigenvalue weighted by molar-refractivity contribution is -0.384. The number of aromatic nitrogens is 4. The van der Waals surface area contributed by atoms with Crippen LogP contribution >= 0.6 is 11.6 Å². The van der Waals surface area contributed by atoms with Gasteiger partial charge >= 0.3 is 6.03 Å². The number of fused-ring (bicyclic) bond motifs is 1. The van der Waals surface area contributed by atoms with Crippen molar-refractivity contribution in [2.75, 3.05) is 41.7 Å². The second-order valence-electron chi connectivity index (χ2n) is 10.1. The first-order valence-electron chi connectivity index (χ1n) is 13.7. The number of non-ortho nitro benzene ring substituents is 1. The highest BCUT2D eigenvalue weighted by Gasteiger charge is 2.25. The lowest BCUT2D eigenvalue weighted by Crippen LogP contribution is -2.50. The summed E-state index contributed by atoms with van der Waals surface area (Å²) in [7, 11) is 0. The molecule has 1 aliphatic heterocycles. The van der Waals surface area contributed by atoms with Gasteiger partial charge in [0.1, 0.15) is 0 Å². The summed E-state index contributed by atoms with van der Waals surface area (Å²) in [5.41, 5.74) is 3.89. The maximum absolute atomic E-state index is 12.9. The number of hydrogen-bond donors (Lipinski definition) is 2. The van der Waals surface area contributed by atoms with Gasteiger partial charge in [-0.15, -0.1) is 0 Å². The van der Waals surface area contributed by atoms with Crippen molar-refractivity contribution in [3.8, 4) is 0 Å². The second-order valence-corrected chi connectivity index (χ2v) is 10.5. The lowest BCUT2D eigenvalue weighted by atomic mass is 10.2. The number of amides is 2. The maximum Gasteiger partial charge on any atom is 0.321 e. The summed E-state index contributed by atoms with van der Waals surface area (Å²) < 4.78 is 2.00. The van der Waals surface area contributed by atoms with Crippen molar-refractivity contribution in [3.05, 3.63) is 111 Å². The Bertz CT molecular complexity index is 1750. The van der Waals surface area contributed by atoms with Gasteiger partial charge in [0.15, 0.2) is 17.0 Å². The van der Waals surface area contributed by atoms with Gasteiger partial charge in [0.2, 0.25) is 5.95 Å². The van der Waals surface area contributed by atoms with Crippen molar-refractivity contribution in [1.29, 1.82) is 0 Å². The normalized spacial score (nSPS) is 13.2. The second kappa shape index (κ2) is 12.3. The standard InChI is InChI=1S/C30H28ClN9O3/c31-25-9-5-4-8-22(25)18-32-27-26-28(39(20-33-26)19-21-6-2-1-3-7-21)36-29(35-27)37-14-16-38(17-15-37)30(41)34-23-10-12-24(13-11-23)40(42)43/h1-13,20H,14-19H2,(H,34,41)(H,32,35,36). The molecule has 5 aromatic rings. The molecule has 0 saturated carbocycles. The van der Waals surface area contributed by atoms with E-state index < -0.39 is 4.92 Å². The van der Waals surface area contributed by atoms with E-state index in [0.717, 1.165) is 11.1 Å². The summed E-state index contributed by atoms with van der Waals surface area (Å²) in [6.07, 6.45) is 1.78. The van der Waals surface area contributed by atoms with Crippen LogP contribution in [0.1, 0.15) is 11.1 Å². The minimum absolute atomic E-state index is 0.0329. The average molecular weight is 598 g/mol. The number of carbonyl (C=O) groups excluding carboxylic acids is 1. The highest BCUT2D eigenvalue weighted by Crippen LogP contribution is 2.26. The molecule has 0 atom stereocenters. The Kier molecular flexibility index (Phi) is 8.01. The fraction of sp³-hybridized carbons (Fsp3) is 0.200. The van der Waals surface area contributed by atoms with Gasteiger partial charge in [-0.3, -0.25) is 10.1 Å². The van der Waals surface area contributed by atoms with Crippen LogP contribution in [0.2, 0.25) is 5.02 Å². The number of rotatable bonds is 8. The fourth-order valence-corrected chi connectivity index (χ4v) is 5.10. The number of benzene rings is 3. The van der Waals surface area contributed by atoms with Gasteiger partial charge in [-0.25, -0.2) is 9.78 Å². The zero-order valence-corrected chi connectivity index (χ0v) is 23.8. The number of nitro groups is 1. The number of anilines is 3. The van der Waals surface area contributed by atoms with Crippen molar-refractivity contribution in [2.24, 2.45) is 0 Å². The summed E-state index contributed by atoms with van der Waals surface area (Å²) in [6.45, 7) is 3.02. The van der Waals surface area contributed by atoms with Gasteiger partial charge in [0, 0.05) is 55.6 Å². The Labute approximate surface area is 252 Å². The number of piperazine rings is 1. The van der Waals surface area contributed by atoms with Crippen LogP contribution in [0.4, 0.5) is 27.9 Å². The zero-order valence-electron chi connectivity index (χ0n) is 23.1. The van der Waals surface area contributed by atoms with E-state index in [4.69, 9.17) is 21.6 Å². The van der Waals surface area contributed by atoms with Crippen LogP contribution in [-0.2, 0) is 13.1 Å². The first-order valence-corrected chi connectivity index (χ1v) is 14.1. The summed E-state index contributed by atoms with van der Waals surface area (Å²) in [4.78, 5) is 41.5. The SMILES string of the molecule is O=C(Nc1ccc([N+](=O)[O-])cc1)N1CCN(c2nc(NCc3ccccc3Cl)c3ncn(Cc4ccccc4)c3n2)CC1. The minimum atomic E-state index is -0.476. The molecule has 1 fully saturated rings. The van der Waals surface area contributed by atoms with Crippen molar-refractivity contribution in [2.45, 2.75) is 13.1 Å². The van der Waals surface area contributed by atoms with E-state index in [9.17, 15) is 14.9 Å². The van der Waals surface area contributed by atoms with E-state index in [1.165, 1.54) is 24.3 Å². The number of halogens is 1. The molecule has 13 heteroatoms. The molecule has 3 heterocycles.